The Hall–Kier alpha value is 0.311. The number of piperazine rings is 1. The van der Waals surface area contributed by atoms with Gasteiger partial charge in [0.1, 0.15) is 5.75 Å². The van der Waals surface area contributed by atoms with Crippen molar-refractivity contribution in [3.63, 3.8) is 0 Å². The summed E-state index contributed by atoms with van der Waals surface area (Å²) in [4.78, 5) is 1.92. The molecule has 1 aliphatic heterocycles. The number of benzene rings is 1. The molecule has 0 amide bonds. The van der Waals surface area contributed by atoms with Gasteiger partial charge in [-0.15, -0.1) is 5.46 Å². The quantitative estimate of drug-likeness (QED) is 0.358. The maximum Gasteiger partial charge on any atom is 1.00 e. The molecule has 0 aliphatic carbocycles. The van der Waals surface area contributed by atoms with Crippen LogP contribution in [-0.4, -0.2) is 46.5 Å². The average molecular weight is 394 g/mol. The van der Waals surface area contributed by atoms with Crippen LogP contribution in [0, 0.1) is 6.92 Å². The Morgan fingerprint density at radius 3 is 2.33 bits per heavy atom. The topological polar surface area (TPSA) is 58.6 Å². The minimum Gasteiger partial charge on any atom is -0.445 e. The first-order chi connectivity index (χ1) is 10.6. The van der Waals surface area contributed by atoms with Gasteiger partial charge in [-0.25, -0.2) is 0 Å². The van der Waals surface area contributed by atoms with E-state index >= 15 is 0 Å². The summed E-state index contributed by atoms with van der Waals surface area (Å²) in [5.41, 5.74) is -1.19. The van der Waals surface area contributed by atoms with Gasteiger partial charge in [-0.3, -0.25) is 4.90 Å². The molecule has 0 atom stereocenters. The van der Waals surface area contributed by atoms with E-state index in [2.05, 4.69) is 9.50 Å². The van der Waals surface area contributed by atoms with E-state index in [4.69, 9.17) is 0 Å². The first-order valence-corrected chi connectivity index (χ1v) is 8.27. The van der Waals surface area contributed by atoms with E-state index in [1.54, 1.807) is 0 Å². The molecule has 1 fully saturated rings. The minimum absolute atomic E-state index is 0. The molecule has 1 aromatic carbocycles. The molecule has 1 saturated heterocycles. The van der Waals surface area contributed by atoms with Crippen molar-refractivity contribution in [3.05, 3.63) is 23.3 Å². The third-order valence-corrected chi connectivity index (χ3v) is 4.00. The number of nitrogens with zero attached hydrogens (tertiary/aromatic N) is 1. The molecule has 1 N–H and O–H groups in total. The minimum atomic E-state index is -5.40. The standard InChI is InChI=1S/C12H16BF4N2O3S.K/c1-9-11(13(14,15)16)6-10(7-12(9)22-23(17,20)21)8-19-4-2-18-3-5-19;/h6-7,18H,2-5,8H2,1H3;/q-1;+1. The fraction of sp³-hybridized carbons (Fsp3) is 0.500. The zero-order chi connectivity index (χ0) is 17.3. The van der Waals surface area contributed by atoms with Crippen LogP contribution in [0.4, 0.5) is 16.8 Å². The number of halogens is 4. The van der Waals surface area contributed by atoms with Gasteiger partial charge in [0.05, 0.1) is 0 Å². The maximum atomic E-state index is 13.2. The zero-order valence-electron chi connectivity index (χ0n) is 13.4. The van der Waals surface area contributed by atoms with Crippen molar-refractivity contribution < 1.29 is 80.8 Å². The van der Waals surface area contributed by atoms with Gasteiger partial charge in [0, 0.05) is 32.7 Å². The summed E-state index contributed by atoms with van der Waals surface area (Å²) in [5.74, 6) is -0.630. The van der Waals surface area contributed by atoms with Gasteiger partial charge in [-0.2, -0.15) is 8.42 Å². The van der Waals surface area contributed by atoms with E-state index in [9.17, 15) is 25.3 Å². The van der Waals surface area contributed by atoms with Gasteiger partial charge in [0.2, 0.25) is 0 Å². The van der Waals surface area contributed by atoms with Crippen LogP contribution in [0.3, 0.4) is 0 Å². The van der Waals surface area contributed by atoms with Crippen molar-refractivity contribution in [2.24, 2.45) is 0 Å². The second kappa shape index (κ2) is 8.80. The molecule has 1 aliphatic rings. The van der Waals surface area contributed by atoms with E-state index in [1.807, 2.05) is 4.90 Å². The first-order valence-electron chi connectivity index (χ1n) is 6.97. The Morgan fingerprint density at radius 2 is 1.83 bits per heavy atom. The van der Waals surface area contributed by atoms with Crippen molar-refractivity contribution in [2.75, 3.05) is 26.2 Å². The summed E-state index contributed by atoms with van der Waals surface area (Å²) in [5, 5.41) is 3.12. The molecule has 2 rings (SSSR count). The van der Waals surface area contributed by atoms with E-state index in [0.717, 1.165) is 19.1 Å². The number of rotatable bonds is 5. The van der Waals surface area contributed by atoms with Crippen molar-refractivity contribution in [3.8, 4) is 5.75 Å². The Kier molecular flexibility index (Phi) is 8.20. The van der Waals surface area contributed by atoms with Gasteiger partial charge in [-0.1, -0.05) is 9.95 Å². The normalized spacial score (nSPS) is 16.5. The summed E-state index contributed by atoms with van der Waals surface area (Å²) >= 11 is 0. The van der Waals surface area contributed by atoms with Gasteiger partial charge in [-0.05, 0) is 24.1 Å². The number of hydrogen-bond acceptors (Lipinski definition) is 5. The van der Waals surface area contributed by atoms with E-state index in [-0.39, 0.29) is 63.5 Å². The van der Waals surface area contributed by atoms with Crippen LogP contribution < -0.4 is 66.3 Å². The summed E-state index contributed by atoms with van der Waals surface area (Å²) < 4.78 is 77.6. The molecule has 1 aromatic rings. The van der Waals surface area contributed by atoms with Crippen LogP contribution in [-0.2, 0) is 17.0 Å². The molecule has 12 heteroatoms. The first kappa shape index (κ1) is 22.4. The smallest absolute Gasteiger partial charge is 0.445 e. The molecular weight excluding hydrogens is 378 g/mol. The Morgan fingerprint density at radius 1 is 1.25 bits per heavy atom. The van der Waals surface area contributed by atoms with E-state index in [1.165, 1.54) is 0 Å². The Balaban J connectivity index is 0.00000288. The summed E-state index contributed by atoms with van der Waals surface area (Å²) in [6.45, 7) is -1.40. The van der Waals surface area contributed by atoms with Gasteiger partial charge in [0.15, 0.2) is 0 Å². The Labute approximate surface area is 181 Å². The van der Waals surface area contributed by atoms with Crippen molar-refractivity contribution in [1.82, 2.24) is 10.2 Å². The van der Waals surface area contributed by atoms with Crippen molar-refractivity contribution >= 4 is 22.9 Å². The van der Waals surface area contributed by atoms with Gasteiger partial charge < -0.3 is 22.4 Å². The maximum absolute atomic E-state index is 13.2. The van der Waals surface area contributed by atoms with Crippen molar-refractivity contribution in [1.29, 1.82) is 0 Å². The predicted molar refractivity (Wildman–Crippen MR) is 78.7 cm³/mol. The third-order valence-electron chi connectivity index (χ3n) is 3.62. The zero-order valence-corrected chi connectivity index (χ0v) is 17.3. The van der Waals surface area contributed by atoms with E-state index in [0.29, 0.717) is 26.2 Å². The molecule has 0 saturated carbocycles. The molecule has 1 heterocycles. The second-order valence-electron chi connectivity index (χ2n) is 5.39. The van der Waals surface area contributed by atoms with Crippen LogP contribution in [0.5, 0.6) is 5.75 Å². The monoisotopic (exact) mass is 394 g/mol. The van der Waals surface area contributed by atoms with Crippen LogP contribution in [0.1, 0.15) is 11.1 Å². The second-order valence-corrected chi connectivity index (χ2v) is 6.34. The number of nitrogens with one attached hydrogen (secondary N) is 1. The predicted octanol–water partition coefficient (Wildman–Crippen LogP) is -1.95. The summed E-state index contributed by atoms with van der Waals surface area (Å²) in [6, 6.07) is 2.11. The summed E-state index contributed by atoms with van der Waals surface area (Å²) in [7, 11) is -5.40. The Bertz CT molecular complexity index is 682. The van der Waals surface area contributed by atoms with Crippen LogP contribution in [0.2, 0.25) is 0 Å². The van der Waals surface area contributed by atoms with Crippen LogP contribution in [0.15, 0.2) is 12.1 Å². The fourth-order valence-electron chi connectivity index (χ4n) is 2.52. The number of hydrogen-bond donors (Lipinski definition) is 1. The fourth-order valence-corrected chi connectivity index (χ4v) is 2.91. The molecule has 0 radical (unpaired) electrons. The van der Waals surface area contributed by atoms with Gasteiger partial charge in [0.25, 0.3) is 0 Å². The van der Waals surface area contributed by atoms with E-state index < -0.39 is 34.3 Å². The van der Waals surface area contributed by atoms with Crippen molar-refractivity contribution in [2.45, 2.75) is 13.5 Å². The van der Waals surface area contributed by atoms with Crippen LogP contribution >= 0.6 is 0 Å². The molecule has 5 nitrogen and oxygen atoms in total. The van der Waals surface area contributed by atoms with Gasteiger partial charge >= 0.3 is 68.9 Å². The third kappa shape index (κ3) is 6.56. The largest absolute Gasteiger partial charge is 1.00 e. The average Bonchev–Trinajstić information content (AvgIpc) is 2.40. The molecule has 130 valence electrons. The van der Waals surface area contributed by atoms with Crippen LogP contribution in [0.25, 0.3) is 0 Å². The summed E-state index contributed by atoms with van der Waals surface area (Å²) in [6.07, 6.45) is 0. The molecular formula is C12H16BF4KN2O3S. The molecule has 0 spiro atoms. The SMILES string of the molecule is Cc1c(OS(=O)(=O)F)cc(CN2CCNCC2)cc1[B-](F)(F)F.[K+]. The molecule has 0 aromatic heterocycles. The molecule has 0 unspecified atom stereocenters. The molecule has 24 heavy (non-hydrogen) atoms. The molecule has 0 bridgehead atoms.